The number of amides is 1. The van der Waals surface area contributed by atoms with Gasteiger partial charge in [0.25, 0.3) is 0 Å². The van der Waals surface area contributed by atoms with Crippen LogP contribution in [0.15, 0.2) is 18.2 Å². The minimum atomic E-state index is -0.501. The summed E-state index contributed by atoms with van der Waals surface area (Å²) in [5.41, 5.74) is 0.467. The van der Waals surface area contributed by atoms with Gasteiger partial charge in [0.05, 0.1) is 12.1 Å². The zero-order valence-electron chi connectivity index (χ0n) is 10.8. The minimum Gasteiger partial charge on any atom is -0.352 e. The van der Waals surface area contributed by atoms with Gasteiger partial charge >= 0.3 is 0 Å². The van der Waals surface area contributed by atoms with Crippen LogP contribution in [0.25, 0.3) is 0 Å². The largest absolute Gasteiger partial charge is 0.352 e. The molecule has 0 radical (unpaired) electrons. The average molecular weight is 261 g/mol. The molecule has 0 bridgehead atoms. The van der Waals surface area contributed by atoms with Crippen molar-refractivity contribution in [3.8, 4) is 6.07 Å². The predicted octanol–water partition coefficient (Wildman–Crippen LogP) is 1.41. The molecule has 0 spiro atoms. The van der Waals surface area contributed by atoms with Crippen molar-refractivity contribution in [3.63, 3.8) is 0 Å². The number of hydrogen-bond donors (Lipinski definition) is 1. The Hall–Kier alpha value is -1.93. The zero-order valence-corrected chi connectivity index (χ0v) is 10.8. The summed E-state index contributed by atoms with van der Waals surface area (Å²) >= 11 is 0. The van der Waals surface area contributed by atoms with Crippen LogP contribution in [0.3, 0.4) is 0 Å². The molecule has 0 heterocycles. The van der Waals surface area contributed by atoms with E-state index in [2.05, 4.69) is 5.32 Å². The molecule has 0 aliphatic heterocycles. The van der Waals surface area contributed by atoms with Crippen LogP contribution in [-0.4, -0.2) is 30.4 Å². The quantitative estimate of drug-likeness (QED) is 0.872. The molecule has 1 saturated carbocycles. The first-order valence-electron chi connectivity index (χ1n) is 6.25. The summed E-state index contributed by atoms with van der Waals surface area (Å²) in [5.74, 6) is -0.540. The molecule has 0 atom stereocenters. The molecule has 0 saturated heterocycles. The van der Waals surface area contributed by atoms with Gasteiger partial charge in [-0.15, -0.1) is 0 Å². The van der Waals surface area contributed by atoms with Gasteiger partial charge in [-0.2, -0.15) is 5.26 Å². The fraction of sp³-hybridized carbons (Fsp3) is 0.429. The van der Waals surface area contributed by atoms with Crippen molar-refractivity contribution in [1.29, 1.82) is 5.26 Å². The molecule has 19 heavy (non-hydrogen) atoms. The summed E-state index contributed by atoms with van der Waals surface area (Å²) in [6, 6.07) is 6.87. The zero-order chi connectivity index (χ0) is 13.8. The van der Waals surface area contributed by atoms with Gasteiger partial charge in [-0.05, 0) is 26.0 Å². The summed E-state index contributed by atoms with van der Waals surface area (Å²) in [5, 5.41) is 11.6. The SMILES string of the molecule is CN(CC(=O)NC1CC1)Cc1cccc(C#N)c1F. The number of nitrogens with one attached hydrogen (secondary N) is 1. The molecule has 0 unspecified atom stereocenters. The highest BCUT2D eigenvalue weighted by molar-refractivity contribution is 5.78. The normalized spacial score (nSPS) is 14.2. The Morgan fingerprint density at radius 3 is 2.95 bits per heavy atom. The van der Waals surface area contributed by atoms with Crippen molar-refractivity contribution in [1.82, 2.24) is 10.2 Å². The highest BCUT2D eigenvalue weighted by Crippen LogP contribution is 2.18. The Bertz CT molecular complexity index is 520. The van der Waals surface area contributed by atoms with E-state index in [4.69, 9.17) is 5.26 Å². The first-order valence-corrected chi connectivity index (χ1v) is 6.25. The van der Waals surface area contributed by atoms with Crippen LogP contribution >= 0.6 is 0 Å². The Morgan fingerprint density at radius 1 is 1.58 bits per heavy atom. The predicted molar refractivity (Wildman–Crippen MR) is 68.6 cm³/mol. The first-order chi connectivity index (χ1) is 9.10. The number of carbonyl (C=O) groups is 1. The van der Waals surface area contributed by atoms with Gasteiger partial charge < -0.3 is 5.32 Å². The summed E-state index contributed by atoms with van der Waals surface area (Å²) in [6.07, 6.45) is 2.10. The fourth-order valence-electron chi connectivity index (χ4n) is 1.88. The number of benzene rings is 1. The molecule has 1 aromatic carbocycles. The Labute approximate surface area is 111 Å². The van der Waals surface area contributed by atoms with E-state index in [1.165, 1.54) is 6.07 Å². The summed E-state index contributed by atoms with van der Waals surface area (Å²) < 4.78 is 13.8. The summed E-state index contributed by atoms with van der Waals surface area (Å²) in [7, 11) is 1.75. The van der Waals surface area contributed by atoms with E-state index in [1.807, 2.05) is 6.07 Å². The van der Waals surface area contributed by atoms with Crippen molar-refractivity contribution in [2.24, 2.45) is 0 Å². The lowest BCUT2D eigenvalue weighted by Gasteiger charge is -2.16. The third-order valence-corrected chi connectivity index (χ3v) is 3.00. The Balaban J connectivity index is 1.92. The average Bonchev–Trinajstić information content (AvgIpc) is 3.15. The van der Waals surface area contributed by atoms with Crippen LogP contribution in [-0.2, 0) is 11.3 Å². The van der Waals surface area contributed by atoms with Gasteiger partial charge in [0.2, 0.25) is 5.91 Å². The van der Waals surface area contributed by atoms with Gasteiger partial charge in [0.15, 0.2) is 0 Å². The molecular formula is C14H16FN3O. The van der Waals surface area contributed by atoms with Crippen LogP contribution in [0.2, 0.25) is 0 Å². The van der Waals surface area contributed by atoms with Crippen LogP contribution in [0.5, 0.6) is 0 Å². The van der Waals surface area contributed by atoms with Crippen LogP contribution in [0, 0.1) is 17.1 Å². The molecule has 0 aromatic heterocycles. The number of nitrogens with zero attached hydrogens (tertiary/aromatic N) is 2. The monoisotopic (exact) mass is 261 g/mol. The van der Waals surface area contributed by atoms with E-state index < -0.39 is 5.82 Å². The van der Waals surface area contributed by atoms with Gasteiger partial charge in [-0.25, -0.2) is 4.39 Å². The maximum atomic E-state index is 13.8. The molecule has 1 aliphatic rings. The second-order valence-corrected chi connectivity index (χ2v) is 4.90. The lowest BCUT2D eigenvalue weighted by atomic mass is 10.1. The van der Waals surface area contributed by atoms with Crippen molar-refractivity contribution >= 4 is 5.91 Å². The third kappa shape index (κ3) is 3.76. The van der Waals surface area contributed by atoms with Crippen molar-refractivity contribution in [2.75, 3.05) is 13.6 Å². The van der Waals surface area contributed by atoms with Crippen LogP contribution in [0.4, 0.5) is 4.39 Å². The molecule has 1 N–H and O–H groups in total. The first kappa shape index (κ1) is 13.5. The molecule has 1 amide bonds. The van der Waals surface area contributed by atoms with Crippen LogP contribution in [0.1, 0.15) is 24.0 Å². The molecule has 1 aromatic rings. The number of halogens is 1. The van der Waals surface area contributed by atoms with E-state index in [0.717, 1.165) is 12.8 Å². The summed E-state index contributed by atoms with van der Waals surface area (Å²) in [6.45, 7) is 0.534. The standard InChI is InChI=1S/C14H16FN3O/c1-18(9-13(19)17-12-5-6-12)8-11-4-2-3-10(7-16)14(11)15/h2-4,12H,5-6,8-9H2,1H3,(H,17,19). The molecule has 1 fully saturated rings. The van der Waals surface area contributed by atoms with Crippen LogP contribution < -0.4 is 5.32 Å². The van der Waals surface area contributed by atoms with E-state index in [1.54, 1.807) is 24.1 Å². The second kappa shape index (κ2) is 5.81. The van der Waals surface area contributed by atoms with E-state index in [9.17, 15) is 9.18 Å². The number of rotatable bonds is 5. The second-order valence-electron chi connectivity index (χ2n) is 4.90. The number of hydrogen-bond acceptors (Lipinski definition) is 3. The van der Waals surface area contributed by atoms with Crippen molar-refractivity contribution in [3.05, 3.63) is 35.1 Å². The highest BCUT2D eigenvalue weighted by atomic mass is 19.1. The van der Waals surface area contributed by atoms with E-state index in [-0.39, 0.29) is 18.0 Å². The molecular weight excluding hydrogens is 245 g/mol. The van der Waals surface area contributed by atoms with Crippen molar-refractivity contribution < 1.29 is 9.18 Å². The summed E-state index contributed by atoms with van der Waals surface area (Å²) in [4.78, 5) is 13.3. The van der Waals surface area contributed by atoms with E-state index >= 15 is 0 Å². The topological polar surface area (TPSA) is 56.1 Å². The fourth-order valence-corrected chi connectivity index (χ4v) is 1.88. The lowest BCUT2D eigenvalue weighted by molar-refractivity contribution is -0.122. The maximum Gasteiger partial charge on any atom is 0.234 e. The molecule has 1 aliphatic carbocycles. The maximum absolute atomic E-state index is 13.8. The number of nitriles is 1. The molecule has 5 heteroatoms. The Morgan fingerprint density at radius 2 is 2.32 bits per heavy atom. The van der Waals surface area contributed by atoms with E-state index in [0.29, 0.717) is 18.2 Å². The molecule has 100 valence electrons. The van der Waals surface area contributed by atoms with Gasteiger partial charge in [-0.1, -0.05) is 12.1 Å². The highest BCUT2D eigenvalue weighted by Gasteiger charge is 2.23. The van der Waals surface area contributed by atoms with Gasteiger partial charge in [0, 0.05) is 18.2 Å². The number of carbonyl (C=O) groups excluding carboxylic acids is 1. The number of likely N-dealkylation sites (N-methyl/N-ethyl adjacent to an activating group) is 1. The smallest absolute Gasteiger partial charge is 0.234 e. The Kier molecular flexibility index (Phi) is 4.13. The van der Waals surface area contributed by atoms with Crippen molar-refractivity contribution in [2.45, 2.75) is 25.4 Å². The third-order valence-electron chi connectivity index (χ3n) is 3.00. The molecule has 2 rings (SSSR count). The van der Waals surface area contributed by atoms with Gasteiger partial charge in [0.1, 0.15) is 11.9 Å². The van der Waals surface area contributed by atoms with Gasteiger partial charge in [-0.3, -0.25) is 9.69 Å². The minimum absolute atomic E-state index is 0.0355. The lowest BCUT2D eigenvalue weighted by Crippen LogP contribution is -2.36. The molecule has 4 nitrogen and oxygen atoms in total.